The van der Waals surface area contributed by atoms with Crippen LogP contribution in [0.5, 0.6) is 0 Å². The monoisotopic (exact) mass is 226 g/mol. The summed E-state index contributed by atoms with van der Waals surface area (Å²) in [5.74, 6) is -2.25. The Bertz CT molecular complexity index is 448. The molecule has 5 heteroatoms. The summed E-state index contributed by atoms with van der Waals surface area (Å²) in [6, 6.07) is 2.11. The number of amides is 1. The molecular formula is C11H12F2N2O. The third-order valence-electron chi connectivity index (χ3n) is 2.77. The van der Waals surface area contributed by atoms with Gasteiger partial charge in [0.25, 0.3) is 5.91 Å². The number of nitrogens with two attached hydrogens (primary N) is 1. The van der Waals surface area contributed by atoms with Crippen molar-refractivity contribution in [1.29, 1.82) is 0 Å². The summed E-state index contributed by atoms with van der Waals surface area (Å²) in [5.41, 5.74) is 4.45. The Hall–Kier alpha value is -1.65. The molecule has 16 heavy (non-hydrogen) atoms. The molecule has 3 N–H and O–H groups in total. The Morgan fingerprint density at radius 3 is 2.69 bits per heavy atom. The highest BCUT2D eigenvalue weighted by atomic mass is 19.1. The molecule has 2 atom stereocenters. The van der Waals surface area contributed by atoms with Crippen LogP contribution in [0.15, 0.2) is 12.1 Å². The first-order chi connectivity index (χ1) is 7.50. The van der Waals surface area contributed by atoms with Crippen LogP contribution >= 0.6 is 0 Å². The number of carbonyl (C=O) groups excluding carboxylic acids is 1. The number of carbonyl (C=O) groups is 1. The van der Waals surface area contributed by atoms with E-state index in [9.17, 15) is 13.6 Å². The first kappa shape index (κ1) is 10.9. The summed E-state index contributed by atoms with van der Waals surface area (Å²) < 4.78 is 26.7. The van der Waals surface area contributed by atoms with Crippen molar-refractivity contribution in [3.63, 3.8) is 0 Å². The quantitative estimate of drug-likeness (QED) is 0.754. The fourth-order valence-corrected chi connectivity index (χ4v) is 1.54. The third kappa shape index (κ3) is 1.85. The molecule has 2 unspecified atom stereocenters. The molecule has 0 bridgehead atoms. The molecule has 1 aromatic rings. The minimum absolute atomic E-state index is 0.0210. The molecule has 1 aliphatic carbocycles. The minimum atomic E-state index is -0.995. The van der Waals surface area contributed by atoms with Crippen LogP contribution in [0.2, 0.25) is 0 Å². The van der Waals surface area contributed by atoms with Gasteiger partial charge in [-0.25, -0.2) is 8.78 Å². The van der Waals surface area contributed by atoms with Crippen LogP contribution in [0.4, 0.5) is 14.5 Å². The maximum atomic E-state index is 13.5. The van der Waals surface area contributed by atoms with Gasteiger partial charge in [-0.1, -0.05) is 6.92 Å². The van der Waals surface area contributed by atoms with E-state index in [-0.39, 0.29) is 11.7 Å². The summed E-state index contributed by atoms with van der Waals surface area (Å²) in [6.07, 6.45) is 0.845. The number of hydrogen-bond donors (Lipinski definition) is 2. The first-order valence-corrected chi connectivity index (χ1v) is 5.05. The number of anilines is 1. The van der Waals surface area contributed by atoms with E-state index in [0.717, 1.165) is 18.6 Å². The Kier molecular flexibility index (Phi) is 2.53. The Labute approximate surface area is 91.6 Å². The maximum Gasteiger partial charge on any atom is 0.257 e. The van der Waals surface area contributed by atoms with Crippen molar-refractivity contribution < 1.29 is 13.6 Å². The van der Waals surface area contributed by atoms with Gasteiger partial charge in [-0.3, -0.25) is 4.79 Å². The van der Waals surface area contributed by atoms with Crippen LogP contribution in [-0.4, -0.2) is 11.9 Å². The zero-order chi connectivity index (χ0) is 11.9. The van der Waals surface area contributed by atoms with Crippen molar-refractivity contribution in [3.8, 4) is 0 Å². The molecule has 0 heterocycles. The number of rotatable bonds is 2. The third-order valence-corrected chi connectivity index (χ3v) is 2.77. The van der Waals surface area contributed by atoms with Crippen LogP contribution in [0, 0.1) is 17.6 Å². The van der Waals surface area contributed by atoms with Gasteiger partial charge in [-0.05, 0) is 24.5 Å². The predicted molar refractivity (Wildman–Crippen MR) is 55.8 cm³/mol. The molecular weight excluding hydrogens is 214 g/mol. The van der Waals surface area contributed by atoms with Crippen LogP contribution in [0.1, 0.15) is 23.7 Å². The lowest BCUT2D eigenvalue weighted by Gasteiger charge is -2.07. The van der Waals surface area contributed by atoms with Gasteiger partial charge in [0.15, 0.2) is 5.82 Å². The largest absolute Gasteiger partial charge is 0.396 e. The number of nitrogens with one attached hydrogen (secondary N) is 1. The van der Waals surface area contributed by atoms with E-state index in [1.54, 1.807) is 0 Å². The Morgan fingerprint density at radius 1 is 1.50 bits per heavy atom. The normalized spacial score (nSPS) is 22.9. The zero-order valence-corrected chi connectivity index (χ0v) is 8.76. The molecule has 86 valence electrons. The molecule has 0 aromatic heterocycles. The summed E-state index contributed by atoms with van der Waals surface area (Å²) in [4.78, 5) is 11.6. The molecule has 0 radical (unpaired) electrons. The number of halogens is 2. The van der Waals surface area contributed by atoms with Crippen LogP contribution in [0.3, 0.4) is 0 Å². The smallest absolute Gasteiger partial charge is 0.257 e. The van der Waals surface area contributed by atoms with E-state index in [4.69, 9.17) is 5.73 Å². The lowest BCUT2D eigenvalue weighted by Crippen LogP contribution is -2.28. The average Bonchev–Trinajstić information content (AvgIpc) is 2.89. The molecule has 1 aromatic carbocycles. The molecule has 0 saturated heterocycles. The number of hydrogen-bond acceptors (Lipinski definition) is 2. The topological polar surface area (TPSA) is 55.1 Å². The highest BCUT2D eigenvalue weighted by molar-refractivity contribution is 5.96. The molecule has 0 spiro atoms. The van der Waals surface area contributed by atoms with Gasteiger partial charge in [0, 0.05) is 6.04 Å². The first-order valence-electron chi connectivity index (χ1n) is 5.05. The van der Waals surface area contributed by atoms with E-state index in [1.165, 1.54) is 0 Å². The second-order valence-corrected chi connectivity index (χ2v) is 4.12. The molecule has 3 nitrogen and oxygen atoms in total. The van der Waals surface area contributed by atoms with Gasteiger partial charge in [-0.15, -0.1) is 0 Å². The molecule has 1 amide bonds. The van der Waals surface area contributed by atoms with Gasteiger partial charge in [0.05, 0.1) is 5.69 Å². The zero-order valence-electron chi connectivity index (χ0n) is 8.76. The predicted octanol–water partition coefficient (Wildman–Crippen LogP) is 1.69. The average molecular weight is 226 g/mol. The molecule has 0 aliphatic heterocycles. The van der Waals surface area contributed by atoms with Crippen molar-refractivity contribution >= 4 is 11.6 Å². The summed E-state index contributed by atoms with van der Waals surface area (Å²) in [6.45, 7) is 1.96. The molecule has 1 aliphatic rings. The van der Waals surface area contributed by atoms with E-state index >= 15 is 0 Å². The SMILES string of the molecule is CC1CC1NC(=O)c1c(F)ccc(N)c1F. The lowest BCUT2D eigenvalue weighted by molar-refractivity contribution is 0.0941. The van der Waals surface area contributed by atoms with Gasteiger partial charge in [0.2, 0.25) is 0 Å². The lowest BCUT2D eigenvalue weighted by atomic mass is 10.1. The fourth-order valence-electron chi connectivity index (χ4n) is 1.54. The van der Waals surface area contributed by atoms with Gasteiger partial charge < -0.3 is 11.1 Å². The Morgan fingerprint density at radius 2 is 2.12 bits per heavy atom. The summed E-state index contributed by atoms with van der Waals surface area (Å²) in [5, 5.41) is 2.55. The van der Waals surface area contributed by atoms with Crippen molar-refractivity contribution in [1.82, 2.24) is 5.32 Å². The maximum absolute atomic E-state index is 13.5. The Balaban J connectivity index is 2.25. The second kappa shape index (κ2) is 3.73. The van der Waals surface area contributed by atoms with Crippen LogP contribution < -0.4 is 11.1 Å². The fraction of sp³-hybridized carbons (Fsp3) is 0.364. The second-order valence-electron chi connectivity index (χ2n) is 4.12. The van der Waals surface area contributed by atoms with Crippen molar-refractivity contribution in [2.24, 2.45) is 5.92 Å². The van der Waals surface area contributed by atoms with E-state index in [1.807, 2.05) is 6.92 Å². The van der Waals surface area contributed by atoms with E-state index < -0.39 is 23.1 Å². The van der Waals surface area contributed by atoms with Gasteiger partial charge in [-0.2, -0.15) is 0 Å². The number of benzene rings is 1. The van der Waals surface area contributed by atoms with E-state index in [0.29, 0.717) is 5.92 Å². The highest BCUT2D eigenvalue weighted by Crippen LogP contribution is 2.29. The molecule has 1 fully saturated rings. The summed E-state index contributed by atoms with van der Waals surface area (Å²) >= 11 is 0. The van der Waals surface area contributed by atoms with Crippen LogP contribution in [0.25, 0.3) is 0 Å². The minimum Gasteiger partial charge on any atom is -0.396 e. The van der Waals surface area contributed by atoms with Gasteiger partial charge in [0.1, 0.15) is 11.4 Å². The van der Waals surface area contributed by atoms with Crippen molar-refractivity contribution in [2.45, 2.75) is 19.4 Å². The summed E-state index contributed by atoms with van der Waals surface area (Å²) in [7, 11) is 0. The van der Waals surface area contributed by atoms with Crippen LogP contribution in [-0.2, 0) is 0 Å². The number of nitrogen functional groups attached to an aromatic ring is 1. The van der Waals surface area contributed by atoms with Crippen molar-refractivity contribution in [3.05, 3.63) is 29.3 Å². The van der Waals surface area contributed by atoms with Gasteiger partial charge >= 0.3 is 0 Å². The van der Waals surface area contributed by atoms with E-state index in [2.05, 4.69) is 5.32 Å². The standard InChI is InChI=1S/C11H12F2N2O/c1-5-4-8(5)15-11(16)9-6(12)2-3-7(14)10(9)13/h2-3,5,8H,4,14H2,1H3,(H,15,16). The van der Waals surface area contributed by atoms with Crippen molar-refractivity contribution in [2.75, 3.05) is 5.73 Å². The molecule has 1 saturated carbocycles. The molecule has 2 rings (SSSR count). The highest BCUT2D eigenvalue weighted by Gasteiger charge is 2.35.